The molecule has 1 saturated heterocycles. The molecule has 1 fully saturated rings. The molecule has 1 aliphatic rings. The number of nitrogens with one attached hydrogen (secondary N) is 2. The monoisotopic (exact) mass is 543 g/mol. The molecular weight excluding hydrogens is 512 g/mol. The molecular formula is C26H31F2N7O4. The van der Waals surface area contributed by atoms with Crippen molar-refractivity contribution in [2.45, 2.75) is 45.9 Å². The number of rotatable bonds is 8. The maximum atomic E-state index is 13.0. The summed E-state index contributed by atoms with van der Waals surface area (Å²) < 4.78 is 43.3. The van der Waals surface area contributed by atoms with Crippen LogP contribution in [0.2, 0.25) is 0 Å². The molecule has 2 N–H and O–H groups in total. The first-order valence-corrected chi connectivity index (χ1v) is 12.8. The highest BCUT2D eigenvalue weighted by atomic mass is 19.3. The number of benzene rings is 1. The maximum absolute atomic E-state index is 13.0. The number of aryl methyl sites for hydroxylation is 1. The van der Waals surface area contributed by atoms with E-state index in [1.807, 2.05) is 25.5 Å². The summed E-state index contributed by atoms with van der Waals surface area (Å²) in [5.41, 5.74) is 1.89. The van der Waals surface area contributed by atoms with E-state index < -0.39 is 18.2 Å². The Morgan fingerprint density at radius 2 is 2.03 bits per heavy atom. The van der Waals surface area contributed by atoms with Crippen molar-refractivity contribution in [3.05, 3.63) is 30.6 Å². The van der Waals surface area contributed by atoms with Gasteiger partial charge < -0.3 is 24.5 Å². The summed E-state index contributed by atoms with van der Waals surface area (Å²) in [7, 11) is 0. The van der Waals surface area contributed by atoms with Gasteiger partial charge >= 0.3 is 12.7 Å². The van der Waals surface area contributed by atoms with Gasteiger partial charge in [-0.25, -0.2) is 14.8 Å². The summed E-state index contributed by atoms with van der Waals surface area (Å²) in [5.74, 6) is 0.224. The third-order valence-electron chi connectivity index (χ3n) is 6.16. The molecule has 0 aliphatic carbocycles. The Kier molecular flexibility index (Phi) is 7.62. The van der Waals surface area contributed by atoms with Gasteiger partial charge in [0.05, 0.1) is 24.9 Å². The number of aromatic amines is 1. The molecule has 0 bridgehead atoms. The minimum atomic E-state index is -2.95. The van der Waals surface area contributed by atoms with Gasteiger partial charge in [0.15, 0.2) is 16.9 Å². The molecule has 0 radical (unpaired) electrons. The summed E-state index contributed by atoms with van der Waals surface area (Å²) in [5, 5.41) is 8.12. The first kappa shape index (κ1) is 26.8. The molecule has 13 heteroatoms. The van der Waals surface area contributed by atoms with Gasteiger partial charge in [0, 0.05) is 43.3 Å². The van der Waals surface area contributed by atoms with Crippen molar-refractivity contribution >= 4 is 28.2 Å². The molecule has 0 atom stereocenters. The Balaban J connectivity index is 1.47. The zero-order chi connectivity index (χ0) is 27.6. The molecule has 1 aliphatic heterocycles. The highest BCUT2D eigenvalue weighted by Crippen LogP contribution is 2.32. The average Bonchev–Trinajstić information content (AvgIpc) is 3.44. The van der Waals surface area contributed by atoms with Crippen molar-refractivity contribution in [1.82, 2.24) is 34.9 Å². The van der Waals surface area contributed by atoms with E-state index in [1.165, 1.54) is 18.3 Å². The van der Waals surface area contributed by atoms with Crippen LogP contribution in [0.3, 0.4) is 0 Å². The zero-order valence-corrected chi connectivity index (χ0v) is 22.0. The maximum Gasteiger partial charge on any atom is 0.413 e. The first-order chi connectivity index (χ1) is 18.7. The molecule has 0 spiro atoms. The second-order valence-corrected chi connectivity index (χ2v) is 10.3. The summed E-state index contributed by atoms with van der Waals surface area (Å²) in [4.78, 5) is 26.7. The van der Waals surface area contributed by atoms with Gasteiger partial charge in [0.25, 0.3) is 0 Å². The van der Waals surface area contributed by atoms with Crippen molar-refractivity contribution in [2.24, 2.45) is 0 Å². The van der Waals surface area contributed by atoms with Gasteiger partial charge in [0.2, 0.25) is 0 Å². The molecule has 1 amide bonds. The third kappa shape index (κ3) is 6.42. The molecule has 208 valence electrons. The lowest BCUT2D eigenvalue weighted by Gasteiger charge is -2.26. The molecule has 11 nitrogen and oxygen atoms in total. The van der Waals surface area contributed by atoms with Gasteiger partial charge in [0.1, 0.15) is 17.1 Å². The van der Waals surface area contributed by atoms with Crippen LogP contribution in [0.25, 0.3) is 33.5 Å². The van der Waals surface area contributed by atoms with E-state index in [4.69, 9.17) is 14.6 Å². The number of alkyl halides is 2. The SMILES string of the molecule is CC(C)(C)NC(=O)Oc1c[nH]c2ncc(-c3nn(CCCN4CCOCC4)c4ccc(OC(F)F)cc34)nc12. The van der Waals surface area contributed by atoms with E-state index in [9.17, 15) is 13.6 Å². The Labute approximate surface area is 223 Å². The summed E-state index contributed by atoms with van der Waals surface area (Å²) in [6.45, 7) is 7.32. The Bertz CT molecular complexity index is 1460. The van der Waals surface area contributed by atoms with Crippen LogP contribution >= 0.6 is 0 Å². The van der Waals surface area contributed by atoms with Crippen molar-refractivity contribution < 1.29 is 27.8 Å². The van der Waals surface area contributed by atoms with Crippen molar-refractivity contribution in [3.8, 4) is 22.9 Å². The standard InChI is InChI=1S/C26H31F2N7O4/c1-26(2,3)32-25(36)39-20-15-30-23-22(20)31-18(14-29-23)21-17-13-16(38-24(27)28)5-6-19(17)35(33-21)8-4-7-34-9-11-37-12-10-34/h5-6,13-15,24H,4,7-12H2,1-3H3,(H,29,30)(H,32,36). The third-order valence-corrected chi connectivity index (χ3v) is 6.16. The van der Waals surface area contributed by atoms with E-state index in [2.05, 4.69) is 29.9 Å². The predicted molar refractivity (Wildman–Crippen MR) is 140 cm³/mol. The van der Waals surface area contributed by atoms with E-state index in [1.54, 1.807) is 12.3 Å². The second-order valence-electron chi connectivity index (χ2n) is 10.3. The number of nitrogens with zero attached hydrogens (tertiary/aromatic N) is 5. The molecule has 1 aromatic carbocycles. The second kappa shape index (κ2) is 11.1. The number of carbonyl (C=O) groups excluding carboxylic acids is 1. The van der Waals surface area contributed by atoms with Crippen molar-refractivity contribution in [2.75, 3.05) is 32.8 Å². The number of fused-ring (bicyclic) bond motifs is 2. The van der Waals surface area contributed by atoms with E-state index in [0.29, 0.717) is 34.5 Å². The molecule has 0 unspecified atom stereocenters. The Hall–Kier alpha value is -3.84. The van der Waals surface area contributed by atoms with Crippen LogP contribution in [0, 0.1) is 0 Å². The number of H-pyrrole nitrogens is 1. The fourth-order valence-corrected chi connectivity index (χ4v) is 4.46. The first-order valence-electron chi connectivity index (χ1n) is 12.8. The van der Waals surface area contributed by atoms with Gasteiger partial charge in [-0.2, -0.15) is 13.9 Å². The Morgan fingerprint density at radius 3 is 2.77 bits per heavy atom. The van der Waals surface area contributed by atoms with Gasteiger partial charge in [-0.3, -0.25) is 9.58 Å². The average molecular weight is 544 g/mol. The number of hydrogen-bond acceptors (Lipinski definition) is 8. The van der Waals surface area contributed by atoms with Crippen LogP contribution in [-0.4, -0.2) is 80.7 Å². The number of halogens is 2. The van der Waals surface area contributed by atoms with Crippen LogP contribution in [0.1, 0.15) is 27.2 Å². The van der Waals surface area contributed by atoms with E-state index in [-0.39, 0.29) is 11.5 Å². The summed E-state index contributed by atoms with van der Waals surface area (Å²) in [6, 6.07) is 4.74. The highest BCUT2D eigenvalue weighted by molar-refractivity contribution is 5.94. The van der Waals surface area contributed by atoms with E-state index >= 15 is 0 Å². The lowest BCUT2D eigenvalue weighted by molar-refractivity contribution is -0.0497. The van der Waals surface area contributed by atoms with Crippen molar-refractivity contribution in [3.63, 3.8) is 0 Å². The molecule has 5 rings (SSSR count). The van der Waals surface area contributed by atoms with Gasteiger partial charge in [-0.05, 0) is 45.4 Å². The highest BCUT2D eigenvalue weighted by Gasteiger charge is 2.21. The lowest BCUT2D eigenvalue weighted by Crippen LogP contribution is -2.42. The summed E-state index contributed by atoms with van der Waals surface area (Å²) in [6.07, 6.45) is 3.26. The number of ether oxygens (including phenoxy) is 3. The fraction of sp³-hybridized carbons (Fsp3) is 0.462. The van der Waals surface area contributed by atoms with Crippen LogP contribution < -0.4 is 14.8 Å². The quantitative estimate of drug-likeness (QED) is 0.340. The summed E-state index contributed by atoms with van der Waals surface area (Å²) >= 11 is 0. The van der Waals surface area contributed by atoms with Crippen LogP contribution in [0.5, 0.6) is 11.5 Å². The van der Waals surface area contributed by atoms with Crippen LogP contribution in [-0.2, 0) is 11.3 Å². The van der Waals surface area contributed by atoms with E-state index in [0.717, 1.165) is 44.8 Å². The van der Waals surface area contributed by atoms with Gasteiger partial charge in [-0.15, -0.1) is 0 Å². The number of carbonyl (C=O) groups is 1. The minimum Gasteiger partial charge on any atom is -0.435 e. The zero-order valence-electron chi connectivity index (χ0n) is 22.0. The lowest BCUT2D eigenvalue weighted by atomic mass is 10.1. The van der Waals surface area contributed by atoms with Gasteiger partial charge in [-0.1, -0.05) is 0 Å². The Morgan fingerprint density at radius 1 is 1.23 bits per heavy atom. The smallest absolute Gasteiger partial charge is 0.413 e. The molecule has 0 saturated carbocycles. The number of hydrogen-bond donors (Lipinski definition) is 2. The topological polar surface area (TPSA) is 119 Å². The van der Waals surface area contributed by atoms with Crippen LogP contribution in [0.4, 0.5) is 13.6 Å². The van der Waals surface area contributed by atoms with Crippen LogP contribution in [0.15, 0.2) is 30.6 Å². The minimum absolute atomic E-state index is 0.0187. The molecule has 3 aromatic heterocycles. The number of amides is 1. The molecule has 4 heterocycles. The largest absolute Gasteiger partial charge is 0.435 e. The number of aromatic nitrogens is 5. The molecule has 39 heavy (non-hydrogen) atoms. The predicted octanol–water partition coefficient (Wildman–Crippen LogP) is 4.19. The fourth-order valence-electron chi connectivity index (χ4n) is 4.46. The number of morpholine rings is 1. The molecule has 4 aromatic rings. The normalized spacial score (nSPS) is 14.8. The van der Waals surface area contributed by atoms with Crippen molar-refractivity contribution in [1.29, 1.82) is 0 Å².